The maximum atomic E-state index is 12.8. The summed E-state index contributed by atoms with van der Waals surface area (Å²) in [4.78, 5) is 14.3. The van der Waals surface area contributed by atoms with Crippen LogP contribution in [0.1, 0.15) is 19.3 Å². The molecule has 6 heteroatoms. The molecule has 0 aromatic heterocycles. The van der Waals surface area contributed by atoms with Gasteiger partial charge in [-0.2, -0.15) is 0 Å². The van der Waals surface area contributed by atoms with E-state index in [1.54, 1.807) is 4.90 Å². The largest absolute Gasteiger partial charge is 0.393 e. The Morgan fingerprint density at radius 2 is 2.05 bits per heavy atom. The first-order chi connectivity index (χ1) is 9.06. The predicted octanol–water partition coefficient (Wildman–Crippen LogP) is 2.50. The van der Waals surface area contributed by atoms with Crippen molar-refractivity contribution in [1.82, 2.24) is 4.90 Å². The van der Waals surface area contributed by atoms with Gasteiger partial charge in [0.25, 0.3) is 0 Å². The maximum Gasteiger partial charge on any atom is 0.322 e. The van der Waals surface area contributed by atoms with E-state index in [1.807, 2.05) is 0 Å². The van der Waals surface area contributed by atoms with Crippen LogP contribution in [-0.2, 0) is 0 Å². The van der Waals surface area contributed by atoms with Crippen molar-refractivity contribution in [3.63, 3.8) is 0 Å². The van der Waals surface area contributed by atoms with Gasteiger partial charge in [0.1, 0.15) is 5.82 Å². The molecule has 102 valence electrons. The minimum atomic E-state index is -0.328. The van der Waals surface area contributed by atoms with E-state index in [2.05, 4.69) is 5.32 Å². The van der Waals surface area contributed by atoms with Crippen molar-refractivity contribution in [3.05, 3.63) is 30.1 Å². The van der Waals surface area contributed by atoms with Crippen molar-refractivity contribution < 1.29 is 9.18 Å². The van der Waals surface area contributed by atoms with Gasteiger partial charge >= 0.3 is 6.03 Å². The molecular formula is C13H16FN3OS. The summed E-state index contributed by atoms with van der Waals surface area (Å²) in [5.74, 6) is -0.328. The highest BCUT2D eigenvalue weighted by Gasteiger charge is 2.32. The number of amides is 2. The third-order valence-corrected chi connectivity index (χ3v) is 3.15. The van der Waals surface area contributed by atoms with Crippen LogP contribution in [0.15, 0.2) is 24.3 Å². The van der Waals surface area contributed by atoms with Gasteiger partial charge in [0.05, 0.1) is 4.99 Å². The molecule has 2 rings (SSSR count). The number of hydrogen-bond donors (Lipinski definition) is 2. The molecule has 1 saturated carbocycles. The summed E-state index contributed by atoms with van der Waals surface area (Å²) >= 11 is 4.83. The second-order valence-electron chi connectivity index (χ2n) is 4.58. The Bertz CT molecular complexity index is 473. The summed E-state index contributed by atoms with van der Waals surface area (Å²) in [5.41, 5.74) is 6.04. The standard InChI is InChI=1S/C13H16FN3OS/c14-9-1-3-10(4-2-9)16-13(18)17(11-5-6-11)8-7-12(15)19/h1-4,11H,5-8H2,(H2,15,19)(H,16,18). The molecule has 2 amide bonds. The summed E-state index contributed by atoms with van der Waals surface area (Å²) < 4.78 is 12.8. The Balaban J connectivity index is 1.95. The molecule has 0 saturated heterocycles. The van der Waals surface area contributed by atoms with Crippen molar-refractivity contribution in [2.45, 2.75) is 25.3 Å². The molecule has 0 bridgehead atoms. The van der Waals surface area contributed by atoms with Crippen molar-refractivity contribution >= 4 is 28.9 Å². The SMILES string of the molecule is NC(=S)CCN(C(=O)Nc1ccc(F)cc1)C1CC1. The fraction of sp³-hybridized carbons (Fsp3) is 0.385. The number of carbonyl (C=O) groups is 1. The van der Waals surface area contributed by atoms with E-state index in [1.165, 1.54) is 24.3 Å². The molecule has 1 aliphatic carbocycles. The quantitative estimate of drug-likeness (QED) is 0.815. The third kappa shape index (κ3) is 4.17. The van der Waals surface area contributed by atoms with E-state index < -0.39 is 0 Å². The average molecular weight is 281 g/mol. The molecule has 0 aliphatic heterocycles. The molecule has 0 atom stereocenters. The second-order valence-corrected chi connectivity index (χ2v) is 5.10. The van der Waals surface area contributed by atoms with Gasteiger partial charge in [-0.15, -0.1) is 0 Å². The number of rotatable bonds is 5. The maximum absolute atomic E-state index is 12.8. The highest BCUT2D eigenvalue weighted by Crippen LogP contribution is 2.27. The first-order valence-corrected chi connectivity index (χ1v) is 6.58. The van der Waals surface area contributed by atoms with E-state index in [-0.39, 0.29) is 17.9 Å². The lowest BCUT2D eigenvalue weighted by molar-refractivity contribution is 0.210. The number of carbonyl (C=O) groups excluding carboxylic acids is 1. The van der Waals surface area contributed by atoms with Crippen LogP contribution in [0.3, 0.4) is 0 Å². The zero-order valence-electron chi connectivity index (χ0n) is 10.4. The highest BCUT2D eigenvalue weighted by atomic mass is 32.1. The van der Waals surface area contributed by atoms with E-state index in [0.717, 1.165) is 12.8 Å². The minimum Gasteiger partial charge on any atom is -0.393 e. The molecule has 0 radical (unpaired) electrons. The topological polar surface area (TPSA) is 58.4 Å². The van der Waals surface area contributed by atoms with E-state index in [9.17, 15) is 9.18 Å². The van der Waals surface area contributed by atoms with Crippen molar-refractivity contribution in [1.29, 1.82) is 0 Å². The van der Waals surface area contributed by atoms with Crippen molar-refractivity contribution in [3.8, 4) is 0 Å². The smallest absolute Gasteiger partial charge is 0.322 e. The molecule has 0 heterocycles. The Labute approximate surface area is 116 Å². The van der Waals surface area contributed by atoms with Gasteiger partial charge in [-0.1, -0.05) is 12.2 Å². The summed E-state index contributed by atoms with van der Waals surface area (Å²) in [7, 11) is 0. The number of nitrogens with two attached hydrogens (primary N) is 1. The lowest BCUT2D eigenvalue weighted by atomic mass is 10.3. The number of hydrogen-bond acceptors (Lipinski definition) is 2. The molecule has 1 aliphatic rings. The fourth-order valence-corrected chi connectivity index (χ4v) is 1.89. The molecular weight excluding hydrogens is 265 g/mol. The predicted molar refractivity (Wildman–Crippen MR) is 76.5 cm³/mol. The number of nitrogens with zero attached hydrogens (tertiary/aromatic N) is 1. The lowest BCUT2D eigenvalue weighted by Gasteiger charge is -2.22. The van der Waals surface area contributed by atoms with E-state index in [4.69, 9.17) is 18.0 Å². The molecule has 19 heavy (non-hydrogen) atoms. The molecule has 1 aromatic rings. The van der Waals surface area contributed by atoms with Crippen LogP contribution in [0.5, 0.6) is 0 Å². The Morgan fingerprint density at radius 3 is 2.58 bits per heavy atom. The van der Waals surface area contributed by atoms with Gasteiger partial charge < -0.3 is 16.0 Å². The molecule has 0 spiro atoms. The van der Waals surface area contributed by atoms with Crippen molar-refractivity contribution in [2.75, 3.05) is 11.9 Å². The molecule has 3 N–H and O–H groups in total. The zero-order chi connectivity index (χ0) is 13.8. The number of thiocarbonyl (C=S) groups is 1. The fourth-order valence-electron chi connectivity index (χ4n) is 1.80. The van der Waals surface area contributed by atoms with E-state index >= 15 is 0 Å². The van der Waals surface area contributed by atoms with Gasteiger partial charge in [0.2, 0.25) is 0 Å². The molecule has 1 fully saturated rings. The van der Waals surface area contributed by atoms with E-state index in [0.29, 0.717) is 23.6 Å². The van der Waals surface area contributed by atoms with Crippen LogP contribution in [0.25, 0.3) is 0 Å². The van der Waals surface area contributed by atoms with Crippen LogP contribution in [0.2, 0.25) is 0 Å². The highest BCUT2D eigenvalue weighted by molar-refractivity contribution is 7.80. The first kappa shape index (κ1) is 13.7. The first-order valence-electron chi connectivity index (χ1n) is 6.18. The second kappa shape index (κ2) is 5.97. The lowest BCUT2D eigenvalue weighted by Crippen LogP contribution is -2.38. The van der Waals surface area contributed by atoms with Crippen molar-refractivity contribution in [2.24, 2.45) is 5.73 Å². The van der Waals surface area contributed by atoms with Crippen LogP contribution in [-0.4, -0.2) is 28.5 Å². The number of nitrogens with one attached hydrogen (secondary N) is 1. The summed E-state index contributed by atoms with van der Waals surface area (Å²) in [6.07, 6.45) is 2.53. The third-order valence-electron chi connectivity index (χ3n) is 2.94. The summed E-state index contributed by atoms with van der Waals surface area (Å²) in [6, 6.07) is 5.77. The van der Waals surface area contributed by atoms with Gasteiger partial charge in [0.15, 0.2) is 0 Å². The van der Waals surface area contributed by atoms with Crippen LogP contribution < -0.4 is 11.1 Å². The summed E-state index contributed by atoms with van der Waals surface area (Å²) in [5, 5.41) is 2.75. The molecule has 1 aromatic carbocycles. The van der Waals surface area contributed by atoms with Crippen LogP contribution in [0.4, 0.5) is 14.9 Å². The Kier molecular flexibility index (Phi) is 4.31. The van der Waals surface area contributed by atoms with Gasteiger partial charge in [-0.3, -0.25) is 0 Å². The van der Waals surface area contributed by atoms with Gasteiger partial charge in [0, 0.05) is 24.7 Å². The van der Waals surface area contributed by atoms with Gasteiger partial charge in [-0.05, 0) is 37.1 Å². The minimum absolute atomic E-state index is 0.189. The van der Waals surface area contributed by atoms with Crippen LogP contribution >= 0.6 is 12.2 Å². The average Bonchev–Trinajstić information content (AvgIpc) is 3.16. The number of anilines is 1. The normalized spacial score (nSPS) is 13.9. The molecule has 0 unspecified atom stereocenters. The number of benzene rings is 1. The van der Waals surface area contributed by atoms with Gasteiger partial charge in [-0.25, -0.2) is 9.18 Å². The monoisotopic (exact) mass is 281 g/mol. The Morgan fingerprint density at radius 1 is 1.42 bits per heavy atom. The number of halogens is 1. The number of urea groups is 1. The summed E-state index contributed by atoms with van der Waals surface area (Å²) in [6.45, 7) is 0.521. The zero-order valence-corrected chi connectivity index (χ0v) is 11.3. The van der Waals surface area contributed by atoms with Crippen LogP contribution in [0, 0.1) is 5.82 Å². The Hall–Kier alpha value is -1.69. The molecule has 4 nitrogen and oxygen atoms in total.